The fraction of sp³-hybridized carbons (Fsp3) is 0.273. The van der Waals surface area contributed by atoms with Gasteiger partial charge in [-0.2, -0.15) is 13.2 Å². The van der Waals surface area contributed by atoms with E-state index in [9.17, 15) is 18.0 Å². The molecule has 31 heavy (non-hydrogen) atoms. The van der Waals surface area contributed by atoms with Crippen LogP contribution in [-0.4, -0.2) is 38.8 Å². The summed E-state index contributed by atoms with van der Waals surface area (Å²) in [6.45, 7) is 1.20. The standard InChI is InChI=1S/C22H20F3N5O/c23-22(24,25)17-8-9-26-19(11-17)29-20-12-18(27-14-28-20)16-7-4-10-30(13-16)21(31)15-5-2-1-3-6-15/h1-3,5-6,8-9,11-12,14,16H,4,7,10,13H2,(H,26,27,28,29). The Labute approximate surface area is 177 Å². The highest BCUT2D eigenvalue weighted by Crippen LogP contribution is 2.31. The minimum Gasteiger partial charge on any atom is -0.338 e. The zero-order valence-electron chi connectivity index (χ0n) is 16.5. The second-order valence-electron chi connectivity index (χ2n) is 7.34. The van der Waals surface area contributed by atoms with Crippen molar-refractivity contribution in [2.45, 2.75) is 24.9 Å². The molecule has 3 heterocycles. The third-order valence-corrected chi connectivity index (χ3v) is 5.18. The number of hydrogen-bond acceptors (Lipinski definition) is 5. The fourth-order valence-electron chi connectivity index (χ4n) is 3.64. The Morgan fingerprint density at radius 3 is 2.58 bits per heavy atom. The third-order valence-electron chi connectivity index (χ3n) is 5.18. The van der Waals surface area contributed by atoms with E-state index in [1.807, 2.05) is 23.1 Å². The summed E-state index contributed by atoms with van der Waals surface area (Å²) in [5.41, 5.74) is 0.584. The van der Waals surface area contributed by atoms with E-state index in [0.717, 1.165) is 36.9 Å². The number of anilines is 2. The van der Waals surface area contributed by atoms with Gasteiger partial charge in [0.25, 0.3) is 5.91 Å². The van der Waals surface area contributed by atoms with Crippen molar-refractivity contribution in [3.63, 3.8) is 0 Å². The Balaban J connectivity index is 1.48. The Bertz CT molecular complexity index is 1060. The van der Waals surface area contributed by atoms with Crippen LogP contribution in [0.2, 0.25) is 0 Å². The summed E-state index contributed by atoms with van der Waals surface area (Å²) in [4.78, 5) is 27.0. The number of pyridine rings is 1. The van der Waals surface area contributed by atoms with Crippen molar-refractivity contribution < 1.29 is 18.0 Å². The molecule has 1 aliphatic heterocycles. The van der Waals surface area contributed by atoms with E-state index in [4.69, 9.17) is 0 Å². The number of piperidine rings is 1. The third kappa shape index (κ3) is 4.99. The van der Waals surface area contributed by atoms with E-state index < -0.39 is 11.7 Å². The summed E-state index contributed by atoms with van der Waals surface area (Å²) in [6, 6.07) is 12.7. The number of halogens is 3. The van der Waals surface area contributed by atoms with Crippen molar-refractivity contribution in [2.24, 2.45) is 0 Å². The van der Waals surface area contributed by atoms with Gasteiger partial charge in [0.2, 0.25) is 0 Å². The van der Waals surface area contributed by atoms with Crippen molar-refractivity contribution in [2.75, 3.05) is 18.4 Å². The van der Waals surface area contributed by atoms with E-state index in [-0.39, 0.29) is 17.6 Å². The lowest BCUT2D eigenvalue weighted by atomic mass is 9.94. The quantitative estimate of drug-likeness (QED) is 0.656. The first kappa shape index (κ1) is 20.8. The smallest absolute Gasteiger partial charge is 0.338 e. The number of rotatable bonds is 4. The number of aromatic nitrogens is 3. The molecule has 160 valence electrons. The molecule has 6 nitrogen and oxygen atoms in total. The highest BCUT2D eigenvalue weighted by molar-refractivity contribution is 5.94. The summed E-state index contributed by atoms with van der Waals surface area (Å²) in [5.74, 6) is 0.387. The number of likely N-dealkylation sites (tertiary alicyclic amines) is 1. The van der Waals surface area contributed by atoms with E-state index >= 15 is 0 Å². The van der Waals surface area contributed by atoms with Crippen molar-refractivity contribution >= 4 is 17.5 Å². The van der Waals surface area contributed by atoms with Crippen LogP contribution in [0.15, 0.2) is 61.1 Å². The van der Waals surface area contributed by atoms with Gasteiger partial charge in [-0.1, -0.05) is 18.2 Å². The van der Waals surface area contributed by atoms with E-state index in [0.29, 0.717) is 24.5 Å². The van der Waals surface area contributed by atoms with Gasteiger partial charge in [0, 0.05) is 36.8 Å². The van der Waals surface area contributed by atoms with Crippen LogP contribution < -0.4 is 5.32 Å². The topological polar surface area (TPSA) is 71.0 Å². The molecule has 1 atom stereocenters. The van der Waals surface area contributed by atoms with Gasteiger partial charge in [-0.05, 0) is 37.1 Å². The van der Waals surface area contributed by atoms with E-state index in [1.54, 1.807) is 18.2 Å². The maximum absolute atomic E-state index is 12.9. The van der Waals surface area contributed by atoms with Gasteiger partial charge in [-0.25, -0.2) is 15.0 Å². The molecule has 1 fully saturated rings. The van der Waals surface area contributed by atoms with Crippen LogP contribution in [0, 0.1) is 0 Å². The average molecular weight is 427 g/mol. The van der Waals surface area contributed by atoms with Crippen LogP contribution >= 0.6 is 0 Å². The van der Waals surface area contributed by atoms with Crippen LogP contribution in [0.3, 0.4) is 0 Å². The number of amides is 1. The molecule has 4 rings (SSSR count). The molecule has 1 N–H and O–H groups in total. The predicted octanol–water partition coefficient (Wildman–Crippen LogP) is 4.65. The van der Waals surface area contributed by atoms with Gasteiger partial charge in [0.15, 0.2) is 0 Å². The van der Waals surface area contributed by atoms with Crippen LogP contribution in [0.5, 0.6) is 0 Å². The van der Waals surface area contributed by atoms with Gasteiger partial charge >= 0.3 is 6.18 Å². The maximum atomic E-state index is 12.9. The normalized spacial score (nSPS) is 16.7. The van der Waals surface area contributed by atoms with Gasteiger partial charge in [-0.3, -0.25) is 4.79 Å². The second kappa shape index (κ2) is 8.71. The van der Waals surface area contributed by atoms with Crippen molar-refractivity contribution in [1.82, 2.24) is 19.9 Å². The molecule has 0 radical (unpaired) electrons. The predicted molar refractivity (Wildman–Crippen MR) is 109 cm³/mol. The molecule has 1 amide bonds. The number of benzene rings is 1. The lowest BCUT2D eigenvalue weighted by Crippen LogP contribution is -2.39. The molecule has 3 aromatic rings. The molecule has 1 saturated heterocycles. The minimum absolute atomic E-state index is 0.0134. The molecule has 0 spiro atoms. The van der Waals surface area contributed by atoms with Gasteiger partial charge < -0.3 is 10.2 Å². The maximum Gasteiger partial charge on any atom is 0.416 e. The zero-order valence-corrected chi connectivity index (χ0v) is 16.5. The number of alkyl halides is 3. The average Bonchev–Trinajstić information content (AvgIpc) is 2.79. The van der Waals surface area contributed by atoms with E-state index in [2.05, 4.69) is 20.3 Å². The molecular weight excluding hydrogens is 407 g/mol. The Morgan fingerprint density at radius 1 is 1.03 bits per heavy atom. The van der Waals surface area contributed by atoms with Crippen LogP contribution in [0.1, 0.15) is 40.4 Å². The largest absolute Gasteiger partial charge is 0.416 e. The van der Waals surface area contributed by atoms with Crippen molar-refractivity contribution in [1.29, 1.82) is 0 Å². The van der Waals surface area contributed by atoms with Crippen LogP contribution in [-0.2, 0) is 6.18 Å². The number of hydrogen-bond donors (Lipinski definition) is 1. The molecule has 1 aliphatic rings. The van der Waals surface area contributed by atoms with Crippen LogP contribution in [0.25, 0.3) is 0 Å². The molecule has 0 bridgehead atoms. The number of nitrogens with one attached hydrogen (secondary N) is 1. The first-order chi connectivity index (χ1) is 14.9. The number of nitrogens with zero attached hydrogens (tertiary/aromatic N) is 4. The minimum atomic E-state index is -4.45. The molecule has 0 aliphatic carbocycles. The molecule has 1 aromatic carbocycles. The Morgan fingerprint density at radius 2 is 1.81 bits per heavy atom. The highest BCUT2D eigenvalue weighted by Gasteiger charge is 2.31. The zero-order chi connectivity index (χ0) is 21.8. The van der Waals surface area contributed by atoms with Gasteiger partial charge in [-0.15, -0.1) is 0 Å². The van der Waals surface area contributed by atoms with Crippen molar-refractivity contribution in [3.8, 4) is 0 Å². The fourth-order valence-corrected chi connectivity index (χ4v) is 3.64. The highest BCUT2D eigenvalue weighted by atomic mass is 19.4. The Kier molecular flexibility index (Phi) is 5.83. The Hall–Kier alpha value is -3.49. The number of carbonyl (C=O) groups is 1. The summed E-state index contributed by atoms with van der Waals surface area (Å²) in [6.07, 6.45) is -0.292. The molecule has 1 unspecified atom stereocenters. The summed E-state index contributed by atoms with van der Waals surface area (Å²) < 4.78 is 38.8. The SMILES string of the molecule is O=C(c1ccccc1)N1CCCC(c2cc(Nc3cc(C(F)(F)F)ccn3)ncn2)C1. The second-order valence-corrected chi connectivity index (χ2v) is 7.34. The lowest BCUT2D eigenvalue weighted by Gasteiger charge is -2.32. The molecule has 9 heteroatoms. The molecule has 2 aromatic heterocycles. The first-order valence-electron chi connectivity index (χ1n) is 9.87. The van der Waals surface area contributed by atoms with Crippen molar-refractivity contribution in [3.05, 3.63) is 77.9 Å². The summed E-state index contributed by atoms with van der Waals surface area (Å²) in [5, 5.41) is 2.81. The number of carbonyl (C=O) groups excluding carboxylic acids is 1. The molecular formula is C22H20F3N5O. The lowest BCUT2D eigenvalue weighted by molar-refractivity contribution is -0.137. The van der Waals surface area contributed by atoms with E-state index in [1.165, 1.54) is 6.33 Å². The summed E-state index contributed by atoms with van der Waals surface area (Å²) >= 11 is 0. The molecule has 0 saturated carbocycles. The summed E-state index contributed by atoms with van der Waals surface area (Å²) in [7, 11) is 0. The monoisotopic (exact) mass is 427 g/mol. The van der Waals surface area contributed by atoms with Gasteiger partial charge in [0.1, 0.15) is 18.0 Å². The first-order valence-corrected chi connectivity index (χ1v) is 9.87. The van der Waals surface area contributed by atoms with Crippen LogP contribution in [0.4, 0.5) is 24.8 Å². The van der Waals surface area contributed by atoms with Gasteiger partial charge in [0.05, 0.1) is 11.3 Å².